The van der Waals surface area contributed by atoms with Gasteiger partial charge in [0, 0.05) is 13.8 Å². The largest absolute Gasteiger partial charge is 0.463 e. The molecule has 0 spiro atoms. The Hall–Kier alpha value is -1.22. The maximum Gasteiger partial charge on any atom is 0.302 e. The maximum atomic E-state index is 10.9. The van der Waals surface area contributed by atoms with Crippen LogP contribution in [0.3, 0.4) is 0 Å². The SMILES string of the molecule is CC(=O)N[C@@H]1[C@@H](O)[C@@H](O)[C@@H](COC(C)=O)O[C@@H]1O. The van der Waals surface area contributed by atoms with Gasteiger partial charge in [0.05, 0.1) is 0 Å². The van der Waals surface area contributed by atoms with Crippen LogP contribution in [-0.2, 0) is 19.1 Å². The zero-order valence-electron chi connectivity index (χ0n) is 10.1. The second kappa shape index (κ2) is 6.10. The van der Waals surface area contributed by atoms with Gasteiger partial charge in [0.1, 0.15) is 31.0 Å². The standard InChI is InChI=1S/C10H17NO7/c1-4(12)11-7-9(15)8(14)6(18-10(7)16)3-17-5(2)13/h6-10,14-16H,3H2,1-2H3,(H,11,12)/t6-,7-,8+,9-,10+/m1/s1. The summed E-state index contributed by atoms with van der Waals surface area (Å²) in [5, 5.41) is 31.3. The van der Waals surface area contributed by atoms with E-state index in [9.17, 15) is 24.9 Å². The molecule has 18 heavy (non-hydrogen) atoms. The van der Waals surface area contributed by atoms with Gasteiger partial charge < -0.3 is 30.1 Å². The lowest BCUT2D eigenvalue weighted by Gasteiger charge is -2.40. The van der Waals surface area contributed by atoms with Gasteiger partial charge in [0.15, 0.2) is 6.29 Å². The third kappa shape index (κ3) is 3.64. The van der Waals surface area contributed by atoms with E-state index in [-0.39, 0.29) is 6.61 Å². The van der Waals surface area contributed by atoms with Crippen molar-refractivity contribution in [3.63, 3.8) is 0 Å². The lowest BCUT2D eigenvalue weighted by molar-refractivity contribution is -0.255. The van der Waals surface area contributed by atoms with Gasteiger partial charge in [-0.1, -0.05) is 0 Å². The number of amides is 1. The van der Waals surface area contributed by atoms with Crippen molar-refractivity contribution < 1.29 is 34.4 Å². The molecule has 5 atom stereocenters. The molecule has 0 aromatic carbocycles. The van der Waals surface area contributed by atoms with E-state index in [2.05, 4.69) is 10.1 Å². The van der Waals surface area contributed by atoms with Gasteiger partial charge in [-0.3, -0.25) is 9.59 Å². The van der Waals surface area contributed by atoms with Gasteiger partial charge in [-0.2, -0.15) is 0 Å². The Morgan fingerprint density at radius 1 is 1.22 bits per heavy atom. The van der Waals surface area contributed by atoms with Crippen LogP contribution in [0.4, 0.5) is 0 Å². The number of nitrogens with one attached hydrogen (secondary N) is 1. The van der Waals surface area contributed by atoms with Crippen LogP contribution in [0.15, 0.2) is 0 Å². The molecule has 8 heteroatoms. The normalized spacial score (nSPS) is 35.9. The monoisotopic (exact) mass is 263 g/mol. The molecule has 1 aliphatic rings. The fourth-order valence-electron chi connectivity index (χ4n) is 1.67. The highest BCUT2D eigenvalue weighted by atomic mass is 16.6. The highest BCUT2D eigenvalue weighted by Crippen LogP contribution is 2.20. The molecule has 0 saturated carbocycles. The summed E-state index contributed by atoms with van der Waals surface area (Å²) in [5.41, 5.74) is 0. The molecule has 0 radical (unpaired) electrons. The zero-order valence-corrected chi connectivity index (χ0v) is 10.1. The molecule has 1 saturated heterocycles. The van der Waals surface area contributed by atoms with E-state index >= 15 is 0 Å². The molecule has 1 fully saturated rings. The molecular weight excluding hydrogens is 246 g/mol. The van der Waals surface area contributed by atoms with Gasteiger partial charge in [-0.25, -0.2) is 0 Å². The second-order valence-corrected chi connectivity index (χ2v) is 4.08. The molecule has 8 nitrogen and oxygen atoms in total. The van der Waals surface area contributed by atoms with Crippen molar-refractivity contribution in [2.24, 2.45) is 0 Å². The van der Waals surface area contributed by atoms with E-state index in [1.807, 2.05) is 0 Å². The Balaban J connectivity index is 2.64. The van der Waals surface area contributed by atoms with Crippen LogP contribution in [-0.4, -0.2) is 64.4 Å². The summed E-state index contributed by atoms with van der Waals surface area (Å²) in [4.78, 5) is 21.5. The molecule has 4 N–H and O–H groups in total. The third-order valence-electron chi connectivity index (χ3n) is 2.54. The molecule has 1 heterocycles. The smallest absolute Gasteiger partial charge is 0.302 e. The Labute approximate surface area is 104 Å². The molecule has 104 valence electrons. The average Bonchev–Trinajstić information content (AvgIpc) is 2.27. The molecule has 1 rings (SSSR count). The minimum atomic E-state index is -1.49. The summed E-state index contributed by atoms with van der Waals surface area (Å²) in [5.74, 6) is -1.05. The molecule has 0 unspecified atom stereocenters. The van der Waals surface area contributed by atoms with E-state index in [1.54, 1.807) is 0 Å². The quantitative estimate of drug-likeness (QED) is 0.414. The van der Waals surface area contributed by atoms with E-state index in [0.29, 0.717) is 0 Å². The number of carbonyl (C=O) groups excluding carboxylic acids is 2. The molecule has 0 bridgehead atoms. The first-order chi connectivity index (χ1) is 8.32. The van der Waals surface area contributed by atoms with Crippen LogP contribution in [0.1, 0.15) is 13.8 Å². The molecule has 0 aromatic heterocycles. The van der Waals surface area contributed by atoms with Crippen molar-refractivity contribution in [2.75, 3.05) is 6.61 Å². The Morgan fingerprint density at radius 2 is 1.83 bits per heavy atom. The summed E-state index contributed by atoms with van der Waals surface area (Å²) in [6.45, 7) is 2.09. The third-order valence-corrected chi connectivity index (χ3v) is 2.54. The first kappa shape index (κ1) is 14.8. The summed E-state index contributed by atoms with van der Waals surface area (Å²) in [6.07, 6.45) is -5.35. The lowest BCUT2D eigenvalue weighted by Crippen LogP contribution is -2.64. The maximum absolute atomic E-state index is 10.9. The van der Waals surface area contributed by atoms with E-state index in [0.717, 1.165) is 0 Å². The van der Waals surface area contributed by atoms with Crippen molar-refractivity contribution in [2.45, 2.75) is 44.5 Å². The minimum Gasteiger partial charge on any atom is -0.463 e. The number of carbonyl (C=O) groups is 2. The number of rotatable bonds is 3. The summed E-state index contributed by atoms with van der Waals surface area (Å²) < 4.78 is 9.62. The van der Waals surface area contributed by atoms with Gasteiger partial charge >= 0.3 is 5.97 Å². The topological polar surface area (TPSA) is 125 Å². The first-order valence-corrected chi connectivity index (χ1v) is 5.43. The second-order valence-electron chi connectivity index (χ2n) is 4.08. The predicted molar refractivity (Wildman–Crippen MR) is 57.1 cm³/mol. The molecule has 0 aliphatic carbocycles. The van der Waals surface area contributed by atoms with Crippen LogP contribution in [0.5, 0.6) is 0 Å². The molecular formula is C10H17NO7. The molecule has 1 aliphatic heterocycles. The van der Waals surface area contributed by atoms with Crippen LogP contribution in [0.2, 0.25) is 0 Å². The number of esters is 1. The fraction of sp³-hybridized carbons (Fsp3) is 0.800. The number of hydrogen-bond acceptors (Lipinski definition) is 7. The van der Waals surface area contributed by atoms with Crippen LogP contribution in [0, 0.1) is 0 Å². The number of aliphatic hydroxyl groups excluding tert-OH is 3. The van der Waals surface area contributed by atoms with Crippen molar-refractivity contribution >= 4 is 11.9 Å². The lowest BCUT2D eigenvalue weighted by atomic mass is 9.97. The van der Waals surface area contributed by atoms with Gasteiger partial charge in [0.2, 0.25) is 5.91 Å². The van der Waals surface area contributed by atoms with Gasteiger partial charge in [-0.05, 0) is 0 Å². The summed E-state index contributed by atoms with van der Waals surface area (Å²) >= 11 is 0. The van der Waals surface area contributed by atoms with Gasteiger partial charge in [0.25, 0.3) is 0 Å². The van der Waals surface area contributed by atoms with Crippen LogP contribution in [0.25, 0.3) is 0 Å². The Kier molecular flexibility index (Phi) is 5.03. The van der Waals surface area contributed by atoms with Crippen LogP contribution < -0.4 is 5.32 Å². The fourth-order valence-corrected chi connectivity index (χ4v) is 1.67. The van der Waals surface area contributed by atoms with Crippen molar-refractivity contribution in [3.8, 4) is 0 Å². The summed E-state index contributed by atoms with van der Waals surface area (Å²) in [7, 11) is 0. The summed E-state index contributed by atoms with van der Waals surface area (Å²) in [6, 6.07) is -1.13. The highest BCUT2D eigenvalue weighted by molar-refractivity contribution is 5.73. The Bertz CT molecular complexity index is 319. The zero-order chi connectivity index (χ0) is 13.9. The number of ether oxygens (including phenoxy) is 2. The van der Waals surface area contributed by atoms with Crippen molar-refractivity contribution in [1.29, 1.82) is 0 Å². The average molecular weight is 263 g/mol. The number of aliphatic hydroxyl groups is 3. The Morgan fingerprint density at radius 3 is 2.33 bits per heavy atom. The van der Waals surface area contributed by atoms with E-state index < -0.39 is 42.5 Å². The van der Waals surface area contributed by atoms with Gasteiger partial charge in [-0.15, -0.1) is 0 Å². The minimum absolute atomic E-state index is 0.294. The predicted octanol–water partition coefficient (Wildman–Crippen LogP) is -2.51. The van der Waals surface area contributed by atoms with E-state index in [4.69, 9.17) is 4.74 Å². The van der Waals surface area contributed by atoms with Crippen molar-refractivity contribution in [3.05, 3.63) is 0 Å². The molecule has 0 aromatic rings. The van der Waals surface area contributed by atoms with E-state index in [1.165, 1.54) is 13.8 Å². The van der Waals surface area contributed by atoms with Crippen LogP contribution >= 0.6 is 0 Å². The highest BCUT2D eigenvalue weighted by Gasteiger charge is 2.44. The number of hydrogen-bond donors (Lipinski definition) is 4. The molecule has 1 amide bonds. The first-order valence-electron chi connectivity index (χ1n) is 5.43. The van der Waals surface area contributed by atoms with Crippen molar-refractivity contribution in [1.82, 2.24) is 5.32 Å².